The van der Waals surface area contributed by atoms with Crippen molar-refractivity contribution in [2.75, 3.05) is 0 Å². The molecule has 0 radical (unpaired) electrons. The lowest BCUT2D eigenvalue weighted by molar-refractivity contribution is -0.145. The van der Waals surface area contributed by atoms with Gasteiger partial charge in [0, 0.05) is 25.9 Å². The van der Waals surface area contributed by atoms with Crippen molar-refractivity contribution in [3.8, 4) is 0 Å². The van der Waals surface area contributed by atoms with E-state index in [4.69, 9.17) is 12.2 Å². The Labute approximate surface area is 154 Å². The summed E-state index contributed by atoms with van der Waals surface area (Å²) in [5.74, 6) is -1.43. The van der Waals surface area contributed by atoms with E-state index >= 15 is 0 Å². The largest absolute Gasteiger partial charge is 0.480 e. The first-order valence-electron chi connectivity index (χ1n) is 7.61. The van der Waals surface area contributed by atoms with Crippen LogP contribution < -0.4 is 0 Å². The molecule has 25 heavy (non-hydrogen) atoms. The lowest BCUT2D eigenvalue weighted by atomic mass is 10.0. The summed E-state index contributed by atoms with van der Waals surface area (Å²) in [6, 6.07) is 10.1. The summed E-state index contributed by atoms with van der Waals surface area (Å²) in [5, 5.41) is 9.62. The summed E-state index contributed by atoms with van der Waals surface area (Å²) in [4.78, 5) is 26.2. The zero-order chi connectivity index (χ0) is 18.0. The second kappa shape index (κ2) is 7.25. The van der Waals surface area contributed by atoms with Crippen LogP contribution in [0.4, 0.5) is 0 Å². The van der Waals surface area contributed by atoms with Gasteiger partial charge in [0.05, 0.1) is 4.91 Å². The van der Waals surface area contributed by atoms with E-state index in [1.807, 2.05) is 60.4 Å². The van der Waals surface area contributed by atoms with Crippen LogP contribution in [-0.2, 0) is 23.1 Å². The molecule has 0 bridgehead atoms. The minimum absolute atomic E-state index is 0.210. The average Bonchev–Trinajstić information content (AvgIpc) is 3.10. The molecule has 7 heteroatoms. The summed E-state index contributed by atoms with van der Waals surface area (Å²) in [6.07, 6.45) is 5.70. The van der Waals surface area contributed by atoms with Gasteiger partial charge < -0.3 is 9.67 Å². The number of aryl methyl sites for hydroxylation is 1. The maximum Gasteiger partial charge on any atom is 0.327 e. The van der Waals surface area contributed by atoms with Gasteiger partial charge in [-0.3, -0.25) is 9.69 Å². The van der Waals surface area contributed by atoms with E-state index in [9.17, 15) is 14.7 Å². The molecule has 1 aromatic carbocycles. The number of carbonyl (C=O) groups is 2. The molecular weight excluding hydrogens is 356 g/mol. The fourth-order valence-electron chi connectivity index (χ4n) is 2.64. The van der Waals surface area contributed by atoms with Gasteiger partial charge in [-0.25, -0.2) is 4.79 Å². The van der Waals surface area contributed by atoms with Crippen molar-refractivity contribution in [3.63, 3.8) is 0 Å². The molecule has 1 fully saturated rings. The lowest BCUT2D eigenvalue weighted by Gasteiger charge is -2.23. The Morgan fingerprint density at radius 1 is 1.32 bits per heavy atom. The van der Waals surface area contributed by atoms with Crippen LogP contribution >= 0.6 is 24.0 Å². The number of aliphatic carboxylic acids is 1. The first kappa shape index (κ1) is 17.4. The van der Waals surface area contributed by atoms with Gasteiger partial charge >= 0.3 is 5.97 Å². The zero-order valence-corrected chi connectivity index (χ0v) is 15.1. The summed E-state index contributed by atoms with van der Waals surface area (Å²) in [6.45, 7) is 0. The molecule has 2 aromatic rings. The highest BCUT2D eigenvalue weighted by Gasteiger charge is 2.40. The van der Waals surface area contributed by atoms with Crippen molar-refractivity contribution in [2.45, 2.75) is 12.5 Å². The third-order valence-electron chi connectivity index (χ3n) is 3.84. The fourth-order valence-corrected chi connectivity index (χ4v) is 3.99. The van der Waals surface area contributed by atoms with Gasteiger partial charge in [0.1, 0.15) is 10.4 Å². The van der Waals surface area contributed by atoms with Crippen LogP contribution in [0.25, 0.3) is 6.08 Å². The fraction of sp³-hybridized carbons (Fsp3) is 0.167. The number of hydrogen-bond donors (Lipinski definition) is 1. The van der Waals surface area contributed by atoms with E-state index in [0.717, 1.165) is 22.9 Å². The Bertz CT molecular complexity index is 858. The van der Waals surface area contributed by atoms with Crippen molar-refractivity contribution < 1.29 is 14.7 Å². The third kappa shape index (κ3) is 3.83. The first-order valence-corrected chi connectivity index (χ1v) is 8.84. The van der Waals surface area contributed by atoms with Crippen LogP contribution in [0, 0.1) is 0 Å². The van der Waals surface area contributed by atoms with Crippen molar-refractivity contribution in [3.05, 3.63) is 64.8 Å². The van der Waals surface area contributed by atoms with E-state index in [1.54, 1.807) is 6.08 Å². The van der Waals surface area contributed by atoms with Gasteiger partial charge in [0.25, 0.3) is 5.91 Å². The highest BCUT2D eigenvalue weighted by Crippen LogP contribution is 2.34. The first-order chi connectivity index (χ1) is 12.0. The number of carboxylic acids is 1. The SMILES string of the molecule is Cn1ccc(C=C2SC(=S)N(C(Cc3ccccc3)C(=O)O)C2=O)c1. The molecule has 1 unspecified atom stereocenters. The quantitative estimate of drug-likeness (QED) is 0.646. The zero-order valence-electron chi connectivity index (χ0n) is 13.5. The number of rotatable bonds is 5. The Hall–Kier alpha value is -2.38. The Kier molecular flexibility index (Phi) is 5.06. The molecule has 1 aromatic heterocycles. The minimum Gasteiger partial charge on any atom is -0.480 e. The molecule has 2 heterocycles. The van der Waals surface area contributed by atoms with Crippen molar-refractivity contribution in [1.29, 1.82) is 0 Å². The number of thiocarbonyl (C=S) groups is 1. The van der Waals surface area contributed by atoms with Crippen LogP contribution in [0.1, 0.15) is 11.1 Å². The predicted octanol–water partition coefficient (Wildman–Crippen LogP) is 2.92. The topological polar surface area (TPSA) is 62.5 Å². The molecule has 0 spiro atoms. The molecule has 1 amide bonds. The van der Waals surface area contributed by atoms with E-state index in [-0.39, 0.29) is 16.6 Å². The Morgan fingerprint density at radius 2 is 2.04 bits per heavy atom. The summed E-state index contributed by atoms with van der Waals surface area (Å²) >= 11 is 6.42. The van der Waals surface area contributed by atoms with Gasteiger partial charge in [-0.15, -0.1) is 0 Å². The molecule has 1 atom stereocenters. The maximum atomic E-state index is 12.7. The monoisotopic (exact) mass is 372 g/mol. The van der Waals surface area contributed by atoms with Gasteiger partial charge in [0.2, 0.25) is 0 Å². The maximum absolute atomic E-state index is 12.7. The van der Waals surface area contributed by atoms with Crippen molar-refractivity contribution in [2.24, 2.45) is 7.05 Å². The number of carbonyl (C=O) groups excluding carboxylic acids is 1. The van der Waals surface area contributed by atoms with Crippen LogP contribution in [0.5, 0.6) is 0 Å². The molecule has 0 saturated carbocycles. The molecule has 3 rings (SSSR count). The molecule has 5 nitrogen and oxygen atoms in total. The smallest absolute Gasteiger partial charge is 0.327 e. The van der Waals surface area contributed by atoms with Gasteiger partial charge in [0.15, 0.2) is 0 Å². The lowest BCUT2D eigenvalue weighted by Crippen LogP contribution is -2.45. The number of thioether (sulfide) groups is 1. The highest BCUT2D eigenvalue weighted by molar-refractivity contribution is 8.26. The number of benzene rings is 1. The second-order valence-electron chi connectivity index (χ2n) is 5.71. The van der Waals surface area contributed by atoms with Gasteiger partial charge in [-0.1, -0.05) is 54.3 Å². The van der Waals surface area contributed by atoms with Crippen molar-refractivity contribution in [1.82, 2.24) is 9.47 Å². The van der Waals surface area contributed by atoms with Crippen molar-refractivity contribution >= 4 is 46.3 Å². The predicted molar refractivity (Wildman–Crippen MR) is 102 cm³/mol. The number of aromatic nitrogens is 1. The average molecular weight is 372 g/mol. The standard InChI is InChI=1S/C18H16N2O3S2/c1-19-8-7-13(11-19)10-15-16(21)20(18(24)25-15)14(17(22)23)9-12-5-3-2-4-6-12/h2-8,10-11,14H,9H2,1H3,(H,22,23). The molecule has 1 N–H and O–H groups in total. The molecule has 1 aliphatic rings. The van der Waals surface area contributed by atoms with E-state index in [0.29, 0.717) is 4.91 Å². The van der Waals surface area contributed by atoms with Crippen LogP contribution in [0.2, 0.25) is 0 Å². The Balaban J connectivity index is 1.86. The molecule has 1 saturated heterocycles. The molecule has 1 aliphatic heterocycles. The minimum atomic E-state index is -1.07. The van der Waals surface area contributed by atoms with Gasteiger partial charge in [-0.05, 0) is 23.3 Å². The number of nitrogens with zero attached hydrogens (tertiary/aromatic N) is 2. The number of amides is 1. The molecular formula is C18H16N2O3S2. The van der Waals surface area contributed by atoms with Crippen LogP contribution in [-0.4, -0.2) is 36.8 Å². The Morgan fingerprint density at radius 3 is 2.64 bits per heavy atom. The van der Waals surface area contributed by atoms with Crippen LogP contribution in [0.3, 0.4) is 0 Å². The normalized spacial score (nSPS) is 17.3. The summed E-state index contributed by atoms with van der Waals surface area (Å²) < 4.78 is 2.15. The van der Waals surface area contributed by atoms with E-state index < -0.39 is 12.0 Å². The molecule has 0 aliphatic carbocycles. The highest BCUT2D eigenvalue weighted by atomic mass is 32.2. The van der Waals surface area contributed by atoms with Gasteiger partial charge in [-0.2, -0.15) is 0 Å². The van der Waals surface area contributed by atoms with Crippen LogP contribution in [0.15, 0.2) is 53.7 Å². The number of hydrogen-bond acceptors (Lipinski definition) is 4. The number of carboxylic acid groups (broad SMARTS) is 1. The summed E-state index contributed by atoms with van der Waals surface area (Å²) in [7, 11) is 1.89. The second-order valence-corrected chi connectivity index (χ2v) is 7.38. The van der Waals surface area contributed by atoms with E-state index in [2.05, 4.69) is 0 Å². The summed E-state index contributed by atoms with van der Waals surface area (Å²) in [5.41, 5.74) is 1.72. The van der Waals surface area contributed by atoms with E-state index in [1.165, 1.54) is 4.90 Å². The molecule has 128 valence electrons. The third-order valence-corrected chi connectivity index (χ3v) is 5.18.